The van der Waals surface area contributed by atoms with Crippen molar-refractivity contribution < 1.29 is 4.79 Å². The Morgan fingerprint density at radius 3 is 2.37 bits per heavy atom. The first-order valence-corrected chi connectivity index (χ1v) is 7.47. The van der Waals surface area contributed by atoms with Crippen molar-refractivity contribution in [2.75, 3.05) is 19.6 Å². The SMILES string of the molecule is CC1(C)CCCN(C(=O)C2(C)CCCCN2)CC1.Cl. The number of nitrogens with one attached hydrogen (secondary N) is 1. The molecule has 0 bridgehead atoms. The predicted molar refractivity (Wildman–Crippen MR) is 81.7 cm³/mol. The van der Waals surface area contributed by atoms with Crippen molar-refractivity contribution in [2.24, 2.45) is 5.41 Å². The minimum Gasteiger partial charge on any atom is -0.341 e. The fourth-order valence-corrected chi connectivity index (χ4v) is 3.21. The van der Waals surface area contributed by atoms with Crippen LogP contribution in [0.2, 0.25) is 0 Å². The average molecular weight is 289 g/mol. The van der Waals surface area contributed by atoms with Gasteiger partial charge in [-0.3, -0.25) is 4.79 Å². The van der Waals surface area contributed by atoms with Crippen molar-refractivity contribution in [1.82, 2.24) is 10.2 Å². The van der Waals surface area contributed by atoms with Crippen LogP contribution in [0.15, 0.2) is 0 Å². The van der Waals surface area contributed by atoms with Gasteiger partial charge in [-0.15, -0.1) is 12.4 Å². The lowest BCUT2D eigenvalue weighted by Crippen LogP contribution is -2.58. The van der Waals surface area contributed by atoms with Crippen LogP contribution in [0.4, 0.5) is 0 Å². The number of rotatable bonds is 1. The zero-order chi connectivity index (χ0) is 13.2. The third-order valence-electron chi connectivity index (χ3n) is 4.72. The lowest BCUT2D eigenvalue weighted by atomic mass is 9.85. The molecule has 19 heavy (non-hydrogen) atoms. The molecular formula is C15H29ClN2O. The summed E-state index contributed by atoms with van der Waals surface area (Å²) in [6.45, 7) is 9.60. The third-order valence-corrected chi connectivity index (χ3v) is 4.72. The van der Waals surface area contributed by atoms with E-state index in [1.807, 2.05) is 0 Å². The minimum absolute atomic E-state index is 0. The Labute approximate surface area is 123 Å². The Morgan fingerprint density at radius 1 is 1.00 bits per heavy atom. The second kappa shape index (κ2) is 6.45. The molecule has 0 spiro atoms. The number of halogens is 1. The fraction of sp³-hybridized carbons (Fsp3) is 0.933. The summed E-state index contributed by atoms with van der Waals surface area (Å²) in [7, 11) is 0. The van der Waals surface area contributed by atoms with Gasteiger partial charge < -0.3 is 10.2 Å². The third kappa shape index (κ3) is 4.09. The molecule has 2 heterocycles. The van der Waals surface area contributed by atoms with Crippen molar-refractivity contribution in [3.63, 3.8) is 0 Å². The molecule has 0 aromatic heterocycles. The molecule has 112 valence electrons. The van der Waals surface area contributed by atoms with E-state index in [1.165, 1.54) is 19.3 Å². The Morgan fingerprint density at radius 2 is 1.74 bits per heavy atom. The molecule has 1 unspecified atom stereocenters. The molecule has 1 N–H and O–H groups in total. The summed E-state index contributed by atoms with van der Waals surface area (Å²) in [6, 6.07) is 0. The number of nitrogens with zero attached hydrogens (tertiary/aromatic N) is 1. The van der Waals surface area contributed by atoms with E-state index in [0.717, 1.165) is 38.9 Å². The van der Waals surface area contributed by atoms with Crippen LogP contribution < -0.4 is 5.32 Å². The van der Waals surface area contributed by atoms with Crippen molar-refractivity contribution in [1.29, 1.82) is 0 Å². The maximum absolute atomic E-state index is 12.7. The van der Waals surface area contributed by atoms with E-state index >= 15 is 0 Å². The fourth-order valence-electron chi connectivity index (χ4n) is 3.21. The van der Waals surface area contributed by atoms with Crippen LogP contribution in [0.3, 0.4) is 0 Å². The van der Waals surface area contributed by atoms with Gasteiger partial charge in [0.2, 0.25) is 5.91 Å². The smallest absolute Gasteiger partial charge is 0.242 e. The van der Waals surface area contributed by atoms with Gasteiger partial charge in [0.1, 0.15) is 0 Å². The molecule has 2 aliphatic rings. The molecule has 2 aliphatic heterocycles. The van der Waals surface area contributed by atoms with Crippen molar-refractivity contribution >= 4 is 18.3 Å². The molecule has 0 aromatic rings. The van der Waals surface area contributed by atoms with Gasteiger partial charge in [0.05, 0.1) is 5.54 Å². The van der Waals surface area contributed by atoms with E-state index in [0.29, 0.717) is 11.3 Å². The monoisotopic (exact) mass is 288 g/mol. The molecule has 2 saturated heterocycles. The molecule has 1 atom stereocenters. The van der Waals surface area contributed by atoms with E-state index in [-0.39, 0.29) is 17.9 Å². The number of hydrogen-bond acceptors (Lipinski definition) is 2. The highest BCUT2D eigenvalue weighted by molar-refractivity contribution is 5.86. The van der Waals surface area contributed by atoms with Gasteiger partial charge in [-0.1, -0.05) is 13.8 Å². The van der Waals surface area contributed by atoms with Crippen LogP contribution in [0.1, 0.15) is 59.3 Å². The van der Waals surface area contributed by atoms with Crippen LogP contribution in [0.5, 0.6) is 0 Å². The Bertz CT molecular complexity index is 311. The normalized spacial score (nSPS) is 31.2. The second-order valence-corrected chi connectivity index (χ2v) is 7.03. The lowest BCUT2D eigenvalue weighted by Gasteiger charge is -2.38. The zero-order valence-corrected chi connectivity index (χ0v) is 13.4. The quantitative estimate of drug-likeness (QED) is 0.804. The van der Waals surface area contributed by atoms with Crippen molar-refractivity contribution in [3.8, 4) is 0 Å². The number of amides is 1. The van der Waals surface area contributed by atoms with E-state index in [9.17, 15) is 4.79 Å². The first-order chi connectivity index (χ1) is 8.43. The van der Waals surface area contributed by atoms with Gasteiger partial charge in [0, 0.05) is 13.1 Å². The zero-order valence-electron chi connectivity index (χ0n) is 12.6. The summed E-state index contributed by atoms with van der Waals surface area (Å²) in [4.78, 5) is 14.8. The maximum atomic E-state index is 12.7. The van der Waals surface area contributed by atoms with Crippen molar-refractivity contribution in [3.05, 3.63) is 0 Å². The molecule has 4 heteroatoms. The number of carbonyl (C=O) groups is 1. The van der Waals surface area contributed by atoms with Gasteiger partial charge in [-0.2, -0.15) is 0 Å². The molecule has 0 saturated carbocycles. The molecule has 0 radical (unpaired) electrons. The molecular weight excluding hydrogens is 260 g/mol. The van der Waals surface area contributed by atoms with Gasteiger partial charge in [-0.25, -0.2) is 0 Å². The summed E-state index contributed by atoms with van der Waals surface area (Å²) >= 11 is 0. The Kier molecular flexibility index (Phi) is 5.69. The first kappa shape index (κ1) is 16.8. The van der Waals surface area contributed by atoms with Gasteiger partial charge in [-0.05, 0) is 57.4 Å². The largest absolute Gasteiger partial charge is 0.341 e. The van der Waals surface area contributed by atoms with Gasteiger partial charge in [0.25, 0.3) is 0 Å². The Hall–Kier alpha value is -0.280. The van der Waals surface area contributed by atoms with E-state index in [1.54, 1.807) is 0 Å². The van der Waals surface area contributed by atoms with Crippen LogP contribution in [-0.2, 0) is 4.79 Å². The van der Waals surface area contributed by atoms with Gasteiger partial charge in [0.15, 0.2) is 0 Å². The molecule has 2 rings (SSSR count). The standard InChI is InChI=1S/C15H28N2O.ClH/c1-14(2)7-6-11-17(12-9-14)13(18)15(3)8-4-5-10-16-15;/h16H,4-12H2,1-3H3;1H. The summed E-state index contributed by atoms with van der Waals surface area (Å²) < 4.78 is 0. The predicted octanol–water partition coefficient (Wildman–Crippen LogP) is 2.98. The van der Waals surface area contributed by atoms with Gasteiger partial charge >= 0.3 is 0 Å². The van der Waals surface area contributed by atoms with Crippen molar-refractivity contribution in [2.45, 2.75) is 64.8 Å². The van der Waals surface area contributed by atoms with E-state index in [4.69, 9.17) is 0 Å². The molecule has 0 aromatic carbocycles. The first-order valence-electron chi connectivity index (χ1n) is 7.47. The molecule has 1 amide bonds. The van der Waals surface area contributed by atoms with E-state index in [2.05, 4.69) is 31.0 Å². The maximum Gasteiger partial charge on any atom is 0.242 e. The molecule has 2 fully saturated rings. The molecule has 0 aliphatic carbocycles. The molecule has 3 nitrogen and oxygen atoms in total. The highest BCUT2D eigenvalue weighted by atomic mass is 35.5. The minimum atomic E-state index is -0.299. The Balaban J connectivity index is 0.00000180. The highest BCUT2D eigenvalue weighted by Gasteiger charge is 2.38. The van der Waals surface area contributed by atoms with Crippen LogP contribution in [-0.4, -0.2) is 36.0 Å². The summed E-state index contributed by atoms with van der Waals surface area (Å²) in [5.41, 5.74) is 0.0999. The number of hydrogen-bond donors (Lipinski definition) is 1. The van der Waals surface area contributed by atoms with Crippen LogP contribution in [0.25, 0.3) is 0 Å². The number of piperidine rings is 1. The lowest BCUT2D eigenvalue weighted by molar-refractivity contribution is -0.138. The number of likely N-dealkylation sites (tertiary alicyclic amines) is 1. The van der Waals surface area contributed by atoms with Crippen LogP contribution in [0, 0.1) is 5.41 Å². The second-order valence-electron chi connectivity index (χ2n) is 7.03. The summed E-state index contributed by atoms with van der Waals surface area (Å²) in [5.74, 6) is 0.333. The van der Waals surface area contributed by atoms with Crippen LogP contribution >= 0.6 is 12.4 Å². The summed E-state index contributed by atoms with van der Waals surface area (Å²) in [5, 5.41) is 3.44. The summed E-state index contributed by atoms with van der Waals surface area (Å²) in [6.07, 6.45) is 6.89. The average Bonchev–Trinajstić information content (AvgIpc) is 2.50. The topological polar surface area (TPSA) is 32.3 Å². The highest BCUT2D eigenvalue weighted by Crippen LogP contribution is 2.31. The number of carbonyl (C=O) groups excluding carboxylic acids is 1. The van der Waals surface area contributed by atoms with E-state index < -0.39 is 0 Å².